The molecule has 6 heteroatoms. The van der Waals surface area contributed by atoms with Crippen LogP contribution in [-0.4, -0.2) is 15.9 Å². The molecule has 1 aromatic heterocycles. The molecule has 1 heterocycles. The first kappa shape index (κ1) is 12.3. The summed E-state index contributed by atoms with van der Waals surface area (Å²) in [5.41, 5.74) is 0.976. The van der Waals surface area contributed by atoms with Crippen LogP contribution in [0.25, 0.3) is 0 Å². The predicted molar refractivity (Wildman–Crippen MR) is 74.2 cm³/mol. The van der Waals surface area contributed by atoms with Gasteiger partial charge in [-0.25, -0.2) is 9.97 Å². The van der Waals surface area contributed by atoms with E-state index in [1.807, 2.05) is 24.3 Å². The number of nitrogens with zero attached hydrogens (tertiary/aromatic N) is 2. The summed E-state index contributed by atoms with van der Waals surface area (Å²) >= 11 is 7.74. The van der Waals surface area contributed by atoms with Gasteiger partial charge in [-0.05, 0) is 34.7 Å². The Morgan fingerprint density at radius 2 is 2.00 bits per heavy atom. The van der Waals surface area contributed by atoms with Crippen molar-refractivity contribution < 1.29 is 4.79 Å². The normalized spacial score (nSPS) is 10.0. The van der Waals surface area contributed by atoms with Crippen molar-refractivity contribution in [1.82, 2.24) is 9.97 Å². The third kappa shape index (κ3) is 3.13. The lowest BCUT2D eigenvalue weighted by molar-refractivity contribution is 0.102. The molecule has 2 aromatic rings. The number of nitrogens with one attached hydrogen (secondary N) is 1. The van der Waals surface area contributed by atoms with Crippen LogP contribution in [0.4, 0.5) is 5.69 Å². The minimum atomic E-state index is -0.307. The van der Waals surface area contributed by atoms with Gasteiger partial charge in [0.25, 0.3) is 5.91 Å². The van der Waals surface area contributed by atoms with Crippen LogP contribution in [0.1, 0.15) is 10.5 Å². The van der Waals surface area contributed by atoms with Gasteiger partial charge >= 0.3 is 0 Å². The lowest BCUT2D eigenvalue weighted by Crippen LogP contribution is -2.14. The number of benzene rings is 1. The van der Waals surface area contributed by atoms with E-state index >= 15 is 0 Å². The SMILES string of the molecule is O=C(Nc1ccccc1I)c1cnc(Cl)cn1. The molecule has 0 aliphatic carbocycles. The highest BCUT2D eigenvalue weighted by Gasteiger charge is 2.09. The molecule has 1 aromatic carbocycles. The number of carbonyl (C=O) groups excluding carboxylic acids is 1. The fraction of sp³-hybridized carbons (Fsp3) is 0. The third-order valence-electron chi connectivity index (χ3n) is 1.98. The number of hydrogen-bond donors (Lipinski definition) is 1. The molecule has 0 aliphatic heterocycles. The van der Waals surface area contributed by atoms with Crippen LogP contribution in [0.15, 0.2) is 36.7 Å². The fourth-order valence-electron chi connectivity index (χ4n) is 1.18. The molecule has 0 bridgehead atoms. The van der Waals surface area contributed by atoms with Crippen molar-refractivity contribution in [1.29, 1.82) is 0 Å². The summed E-state index contributed by atoms with van der Waals surface area (Å²) in [6.45, 7) is 0. The van der Waals surface area contributed by atoms with Gasteiger partial charge in [0, 0.05) is 3.57 Å². The smallest absolute Gasteiger partial charge is 0.275 e. The maximum Gasteiger partial charge on any atom is 0.275 e. The summed E-state index contributed by atoms with van der Waals surface area (Å²) in [5, 5.41) is 3.01. The second-order valence-corrected chi connectivity index (χ2v) is 4.71. The van der Waals surface area contributed by atoms with Gasteiger partial charge in [0.1, 0.15) is 10.8 Å². The van der Waals surface area contributed by atoms with Crippen molar-refractivity contribution in [2.24, 2.45) is 0 Å². The highest BCUT2D eigenvalue weighted by molar-refractivity contribution is 14.1. The zero-order chi connectivity index (χ0) is 12.3. The van der Waals surface area contributed by atoms with E-state index in [-0.39, 0.29) is 16.8 Å². The molecule has 86 valence electrons. The molecule has 0 unspecified atom stereocenters. The number of carbonyl (C=O) groups is 1. The first-order valence-electron chi connectivity index (χ1n) is 4.70. The topological polar surface area (TPSA) is 54.9 Å². The zero-order valence-corrected chi connectivity index (χ0v) is 11.4. The van der Waals surface area contributed by atoms with Crippen molar-refractivity contribution in [2.45, 2.75) is 0 Å². The number of hydrogen-bond acceptors (Lipinski definition) is 3. The molecule has 2 rings (SSSR count). The Labute approximate surface area is 117 Å². The van der Waals surface area contributed by atoms with Crippen molar-refractivity contribution in [3.05, 3.63) is 51.1 Å². The molecule has 0 spiro atoms. The van der Waals surface area contributed by atoms with E-state index in [0.717, 1.165) is 9.26 Å². The molecule has 1 amide bonds. The van der Waals surface area contributed by atoms with Gasteiger partial charge < -0.3 is 5.32 Å². The van der Waals surface area contributed by atoms with Gasteiger partial charge in [-0.2, -0.15) is 0 Å². The van der Waals surface area contributed by atoms with E-state index in [2.05, 4.69) is 37.9 Å². The average molecular weight is 360 g/mol. The molecule has 0 saturated carbocycles. The van der Waals surface area contributed by atoms with Gasteiger partial charge in [-0.3, -0.25) is 4.79 Å². The second kappa shape index (κ2) is 5.42. The van der Waals surface area contributed by atoms with Crippen LogP contribution in [0.5, 0.6) is 0 Å². The summed E-state index contributed by atoms with van der Waals surface area (Å²) in [6, 6.07) is 7.48. The number of anilines is 1. The largest absolute Gasteiger partial charge is 0.320 e. The zero-order valence-electron chi connectivity index (χ0n) is 8.52. The molecule has 17 heavy (non-hydrogen) atoms. The van der Waals surface area contributed by atoms with Crippen molar-refractivity contribution in [3.8, 4) is 0 Å². The number of amides is 1. The van der Waals surface area contributed by atoms with E-state index in [9.17, 15) is 4.79 Å². The Bertz CT molecular complexity index is 545. The van der Waals surface area contributed by atoms with Crippen LogP contribution >= 0.6 is 34.2 Å². The Kier molecular flexibility index (Phi) is 3.90. The summed E-state index contributed by atoms with van der Waals surface area (Å²) in [5.74, 6) is -0.307. The number of halogens is 2. The molecule has 0 saturated heterocycles. The molecule has 0 fully saturated rings. The first-order chi connectivity index (χ1) is 8.16. The maximum absolute atomic E-state index is 11.8. The maximum atomic E-state index is 11.8. The summed E-state index contributed by atoms with van der Waals surface area (Å²) in [6.07, 6.45) is 2.68. The molecule has 0 radical (unpaired) electrons. The first-order valence-corrected chi connectivity index (χ1v) is 6.16. The summed E-state index contributed by atoms with van der Waals surface area (Å²) < 4.78 is 0.959. The third-order valence-corrected chi connectivity index (χ3v) is 3.11. The van der Waals surface area contributed by atoms with Gasteiger partial charge in [-0.1, -0.05) is 23.7 Å². The monoisotopic (exact) mass is 359 g/mol. The Hall–Kier alpha value is -1.21. The van der Waals surface area contributed by atoms with Gasteiger partial charge in [-0.15, -0.1) is 0 Å². The fourth-order valence-corrected chi connectivity index (χ4v) is 1.80. The second-order valence-electron chi connectivity index (χ2n) is 3.16. The van der Waals surface area contributed by atoms with E-state index in [1.54, 1.807) is 0 Å². The van der Waals surface area contributed by atoms with E-state index in [4.69, 9.17) is 11.6 Å². The average Bonchev–Trinajstić information content (AvgIpc) is 2.33. The van der Waals surface area contributed by atoms with E-state index < -0.39 is 0 Å². The van der Waals surface area contributed by atoms with Crippen LogP contribution in [0.3, 0.4) is 0 Å². The van der Waals surface area contributed by atoms with Crippen LogP contribution in [-0.2, 0) is 0 Å². The van der Waals surface area contributed by atoms with Gasteiger partial charge in [0.2, 0.25) is 0 Å². The van der Waals surface area contributed by atoms with Crippen LogP contribution in [0, 0.1) is 3.57 Å². The van der Waals surface area contributed by atoms with Crippen molar-refractivity contribution >= 4 is 45.8 Å². The molecule has 4 nitrogen and oxygen atoms in total. The Balaban J connectivity index is 2.17. The van der Waals surface area contributed by atoms with E-state index in [0.29, 0.717) is 0 Å². The lowest BCUT2D eigenvalue weighted by Gasteiger charge is -2.06. The molecule has 0 atom stereocenters. The molecule has 0 aliphatic rings. The molecule has 1 N–H and O–H groups in total. The van der Waals surface area contributed by atoms with Gasteiger partial charge in [0.05, 0.1) is 18.1 Å². The molecular weight excluding hydrogens is 352 g/mol. The highest BCUT2D eigenvalue weighted by Crippen LogP contribution is 2.17. The van der Waals surface area contributed by atoms with Crippen molar-refractivity contribution in [2.75, 3.05) is 5.32 Å². The predicted octanol–water partition coefficient (Wildman–Crippen LogP) is 2.99. The van der Waals surface area contributed by atoms with Crippen LogP contribution in [0.2, 0.25) is 5.15 Å². The highest BCUT2D eigenvalue weighted by atomic mass is 127. The number of rotatable bonds is 2. The minimum absolute atomic E-state index is 0.231. The standard InChI is InChI=1S/C11H7ClIN3O/c12-10-6-14-9(5-15-10)11(17)16-8-4-2-1-3-7(8)13/h1-6H,(H,16,17). The van der Waals surface area contributed by atoms with Crippen LogP contribution < -0.4 is 5.32 Å². The summed E-state index contributed by atoms with van der Waals surface area (Å²) in [7, 11) is 0. The Morgan fingerprint density at radius 3 is 2.65 bits per heavy atom. The minimum Gasteiger partial charge on any atom is -0.320 e. The quantitative estimate of drug-likeness (QED) is 0.839. The van der Waals surface area contributed by atoms with E-state index in [1.165, 1.54) is 12.4 Å². The molecular formula is C11H7ClIN3O. The number of aromatic nitrogens is 2. The van der Waals surface area contributed by atoms with Gasteiger partial charge in [0.15, 0.2) is 0 Å². The summed E-state index contributed by atoms with van der Waals surface area (Å²) in [4.78, 5) is 19.5. The lowest BCUT2D eigenvalue weighted by atomic mass is 10.3. The van der Waals surface area contributed by atoms with Crippen molar-refractivity contribution in [3.63, 3.8) is 0 Å². The number of para-hydroxylation sites is 1. The Morgan fingerprint density at radius 1 is 1.24 bits per heavy atom.